The van der Waals surface area contributed by atoms with Crippen molar-refractivity contribution >= 4 is 5.97 Å². The van der Waals surface area contributed by atoms with Crippen molar-refractivity contribution in [3.8, 4) is 0 Å². The van der Waals surface area contributed by atoms with Crippen LogP contribution >= 0.6 is 0 Å². The Morgan fingerprint density at radius 3 is 2.83 bits per heavy atom. The average molecular weight is 332 g/mol. The Balaban J connectivity index is 1.42. The maximum absolute atomic E-state index is 11.6. The summed E-state index contributed by atoms with van der Waals surface area (Å²) in [4.78, 5) is 16.9. The van der Waals surface area contributed by atoms with Gasteiger partial charge in [-0.05, 0) is 63.6 Å². The molecule has 3 fully saturated rings. The van der Waals surface area contributed by atoms with Crippen molar-refractivity contribution in [2.75, 3.05) is 26.7 Å². The van der Waals surface area contributed by atoms with Gasteiger partial charge in [-0.1, -0.05) is 0 Å². The van der Waals surface area contributed by atoms with Gasteiger partial charge in [0.15, 0.2) is 0 Å². The summed E-state index contributed by atoms with van der Waals surface area (Å²) in [5.74, 6) is 1.54. The van der Waals surface area contributed by atoms with Crippen LogP contribution in [-0.4, -0.2) is 54.6 Å². The number of carbonyl (C=O) groups is 1. The standard InChI is InChI=1S/C19H28N2O3/c1-13(17-7-8-18(24-17)19(22)23-2)20-11-9-16-14(12-20)4-3-10-21(16)15-5-6-15/h7-8,13-16H,3-6,9-12H2,1-2H3. The first-order chi connectivity index (χ1) is 11.7. The lowest BCUT2D eigenvalue weighted by Gasteiger charge is -2.48. The molecule has 4 rings (SSSR count). The van der Waals surface area contributed by atoms with Crippen molar-refractivity contribution in [3.63, 3.8) is 0 Å². The van der Waals surface area contributed by atoms with E-state index in [1.165, 1.54) is 45.8 Å². The summed E-state index contributed by atoms with van der Waals surface area (Å²) in [6.07, 6.45) is 6.77. The predicted octanol–water partition coefficient (Wildman–Crippen LogP) is 3.08. The number of methoxy groups -OCH3 is 1. The van der Waals surface area contributed by atoms with Crippen LogP contribution in [0, 0.1) is 5.92 Å². The van der Waals surface area contributed by atoms with Crippen LogP contribution in [0.2, 0.25) is 0 Å². The minimum atomic E-state index is -0.403. The first kappa shape index (κ1) is 16.2. The van der Waals surface area contributed by atoms with E-state index >= 15 is 0 Å². The highest BCUT2D eigenvalue weighted by Crippen LogP contribution is 2.39. The van der Waals surface area contributed by atoms with Crippen molar-refractivity contribution in [2.45, 2.75) is 57.2 Å². The highest BCUT2D eigenvalue weighted by Gasteiger charge is 2.42. The van der Waals surface area contributed by atoms with Crippen LogP contribution in [0.5, 0.6) is 0 Å². The van der Waals surface area contributed by atoms with Gasteiger partial charge in [-0.15, -0.1) is 0 Å². The first-order valence-electron chi connectivity index (χ1n) is 9.35. The Morgan fingerprint density at radius 1 is 1.25 bits per heavy atom. The molecule has 3 atom stereocenters. The summed E-state index contributed by atoms with van der Waals surface area (Å²) in [5.41, 5.74) is 0. The van der Waals surface area contributed by atoms with Crippen molar-refractivity contribution in [3.05, 3.63) is 23.7 Å². The van der Waals surface area contributed by atoms with E-state index in [1.807, 2.05) is 6.07 Å². The van der Waals surface area contributed by atoms with Gasteiger partial charge >= 0.3 is 5.97 Å². The van der Waals surface area contributed by atoms with Crippen LogP contribution in [-0.2, 0) is 4.74 Å². The summed E-state index contributed by atoms with van der Waals surface area (Å²) in [7, 11) is 1.38. The zero-order valence-electron chi connectivity index (χ0n) is 14.7. The molecule has 3 aliphatic rings. The molecule has 0 N–H and O–H groups in total. The monoisotopic (exact) mass is 332 g/mol. The molecule has 1 aromatic rings. The number of furan rings is 1. The van der Waals surface area contributed by atoms with E-state index in [9.17, 15) is 4.79 Å². The minimum absolute atomic E-state index is 0.209. The molecule has 1 aromatic heterocycles. The average Bonchev–Trinajstić information content (AvgIpc) is 3.35. The second kappa shape index (κ2) is 6.52. The molecule has 24 heavy (non-hydrogen) atoms. The van der Waals surface area contributed by atoms with Crippen molar-refractivity contribution in [1.29, 1.82) is 0 Å². The molecule has 132 valence electrons. The topological polar surface area (TPSA) is 45.9 Å². The first-order valence-corrected chi connectivity index (χ1v) is 9.35. The number of esters is 1. The van der Waals surface area contributed by atoms with Gasteiger partial charge in [-0.3, -0.25) is 9.80 Å². The lowest BCUT2D eigenvalue weighted by Crippen LogP contribution is -2.54. The minimum Gasteiger partial charge on any atom is -0.463 e. The van der Waals surface area contributed by atoms with Gasteiger partial charge < -0.3 is 9.15 Å². The Bertz CT molecular complexity index is 595. The SMILES string of the molecule is COC(=O)c1ccc(C(C)N2CCC3C(CCCN3C3CC3)C2)o1. The lowest BCUT2D eigenvalue weighted by molar-refractivity contribution is 0.00200. The van der Waals surface area contributed by atoms with Gasteiger partial charge in [0.2, 0.25) is 5.76 Å². The number of ether oxygens (including phenoxy) is 1. The van der Waals surface area contributed by atoms with E-state index in [0.717, 1.165) is 36.9 Å². The number of rotatable bonds is 4. The van der Waals surface area contributed by atoms with E-state index < -0.39 is 5.97 Å². The van der Waals surface area contributed by atoms with Crippen LogP contribution in [0.4, 0.5) is 0 Å². The van der Waals surface area contributed by atoms with E-state index in [2.05, 4.69) is 16.7 Å². The van der Waals surface area contributed by atoms with E-state index in [0.29, 0.717) is 5.76 Å². The molecular formula is C19H28N2O3. The number of piperidine rings is 2. The lowest BCUT2D eigenvalue weighted by atomic mass is 9.83. The normalized spacial score (nSPS) is 29.9. The summed E-state index contributed by atoms with van der Waals surface area (Å²) in [6, 6.07) is 5.52. The quantitative estimate of drug-likeness (QED) is 0.793. The highest BCUT2D eigenvalue weighted by molar-refractivity contribution is 5.86. The Morgan fingerprint density at radius 2 is 2.08 bits per heavy atom. The predicted molar refractivity (Wildman–Crippen MR) is 90.9 cm³/mol. The smallest absolute Gasteiger partial charge is 0.373 e. The molecule has 1 saturated carbocycles. The third-order valence-corrected chi connectivity index (χ3v) is 6.13. The fourth-order valence-corrected chi connectivity index (χ4v) is 4.65. The summed E-state index contributed by atoms with van der Waals surface area (Å²) in [6.45, 7) is 5.74. The zero-order valence-corrected chi connectivity index (χ0v) is 14.7. The molecule has 0 aromatic carbocycles. The van der Waals surface area contributed by atoms with Crippen molar-refractivity contribution < 1.29 is 13.9 Å². The molecule has 1 aliphatic carbocycles. The third kappa shape index (κ3) is 3.00. The van der Waals surface area contributed by atoms with Gasteiger partial charge in [0, 0.05) is 25.2 Å². The molecule has 0 spiro atoms. The summed E-state index contributed by atoms with van der Waals surface area (Å²) < 4.78 is 10.5. The Kier molecular flexibility index (Phi) is 4.39. The summed E-state index contributed by atoms with van der Waals surface area (Å²) >= 11 is 0. The van der Waals surface area contributed by atoms with Gasteiger partial charge in [0.1, 0.15) is 5.76 Å². The van der Waals surface area contributed by atoms with Gasteiger partial charge in [0.25, 0.3) is 0 Å². The number of hydrogen-bond donors (Lipinski definition) is 0. The highest BCUT2D eigenvalue weighted by atomic mass is 16.5. The molecule has 0 radical (unpaired) electrons. The van der Waals surface area contributed by atoms with Gasteiger partial charge in [-0.2, -0.15) is 0 Å². The molecule has 3 heterocycles. The Labute approximate surface area is 143 Å². The van der Waals surface area contributed by atoms with Crippen molar-refractivity contribution in [2.24, 2.45) is 5.92 Å². The Hall–Kier alpha value is -1.33. The molecule has 0 amide bonds. The van der Waals surface area contributed by atoms with Crippen LogP contribution < -0.4 is 0 Å². The molecule has 2 saturated heterocycles. The molecule has 3 unspecified atom stereocenters. The van der Waals surface area contributed by atoms with Crippen LogP contribution in [0.3, 0.4) is 0 Å². The number of fused-ring (bicyclic) bond motifs is 1. The van der Waals surface area contributed by atoms with E-state index in [4.69, 9.17) is 9.15 Å². The van der Waals surface area contributed by atoms with Crippen LogP contribution in [0.1, 0.15) is 61.4 Å². The second-order valence-electron chi connectivity index (χ2n) is 7.59. The number of likely N-dealkylation sites (tertiary alicyclic amines) is 2. The molecule has 5 nitrogen and oxygen atoms in total. The fourth-order valence-electron chi connectivity index (χ4n) is 4.65. The van der Waals surface area contributed by atoms with Crippen LogP contribution in [0.25, 0.3) is 0 Å². The van der Waals surface area contributed by atoms with Crippen molar-refractivity contribution in [1.82, 2.24) is 9.80 Å². The third-order valence-electron chi connectivity index (χ3n) is 6.13. The van der Waals surface area contributed by atoms with Gasteiger partial charge in [0.05, 0.1) is 13.2 Å². The molecular weight excluding hydrogens is 304 g/mol. The summed E-state index contributed by atoms with van der Waals surface area (Å²) in [5, 5.41) is 0. The number of carbonyl (C=O) groups excluding carboxylic acids is 1. The largest absolute Gasteiger partial charge is 0.463 e. The second-order valence-corrected chi connectivity index (χ2v) is 7.59. The number of nitrogens with zero attached hydrogens (tertiary/aromatic N) is 2. The van der Waals surface area contributed by atoms with Gasteiger partial charge in [-0.25, -0.2) is 4.79 Å². The van der Waals surface area contributed by atoms with Crippen LogP contribution in [0.15, 0.2) is 16.5 Å². The molecule has 5 heteroatoms. The van der Waals surface area contributed by atoms with E-state index in [1.54, 1.807) is 6.07 Å². The zero-order chi connectivity index (χ0) is 16.7. The van der Waals surface area contributed by atoms with E-state index in [-0.39, 0.29) is 6.04 Å². The molecule has 0 bridgehead atoms. The fraction of sp³-hybridized carbons (Fsp3) is 0.737. The maximum atomic E-state index is 11.6. The molecule has 2 aliphatic heterocycles. The maximum Gasteiger partial charge on any atom is 0.373 e. The number of hydrogen-bond acceptors (Lipinski definition) is 5.